The molecular weight excluding hydrogens is 326 g/mol. The van der Waals surface area contributed by atoms with Crippen LogP contribution in [0, 0.1) is 11.8 Å². The summed E-state index contributed by atoms with van der Waals surface area (Å²) in [4.78, 5) is 28.4. The van der Waals surface area contributed by atoms with Crippen molar-refractivity contribution in [2.24, 2.45) is 11.8 Å². The van der Waals surface area contributed by atoms with Gasteiger partial charge in [0.2, 0.25) is 5.91 Å². The summed E-state index contributed by atoms with van der Waals surface area (Å²) in [6, 6.07) is 7.36. The summed E-state index contributed by atoms with van der Waals surface area (Å²) in [5, 5.41) is 3.01. The number of anilines is 1. The normalized spacial score (nSPS) is 24.1. The van der Waals surface area contributed by atoms with Crippen LogP contribution in [0.15, 0.2) is 24.3 Å². The fourth-order valence-electron chi connectivity index (χ4n) is 4.30. The van der Waals surface area contributed by atoms with Crippen molar-refractivity contribution >= 4 is 17.5 Å². The second-order valence-corrected chi connectivity index (χ2v) is 8.01. The zero-order valence-corrected chi connectivity index (χ0v) is 16.0. The standard InChI is InChI=1S/C21H31N3O2/c1-16-13-17(2)15-23(14-16)11-4-10-22-21(26)18-6-8-19(9-7-18)24-12-3-5-20(24)25/h6-9,16-17H,3-5,10-15H2,1-2H3,(H,22,26)/t16-,17+. The molecule has 3 rings (SSSR count). The van der Waals surface area contributed by atoms with Gasteiger partial charge in [0.05, 0.1) is 0 Å². The van der Waals surface area contributed by atoms with E-state index >= 15 is 0 Å². The Bertz CT molecular complexity index is 619. The number of rotatable bonds is 6. The topological polar surface area (TPSA) is 52.7 Å². The molecule has 0 radical (unpaired) electrons. The highest BCUT2D eigenvalue weighted by Gasteiger charge is 2.22. The number of likely N-dealkylation sites (tertiary alicyclic amines) is 1. The average molecular weight is 357 g/mol. The smallest absolute Gasteiger partial charge is 0.251 e. The fraction of sp³-hybridized carbons (Fsp3) is 0.619. The first-order valence-electron chi connectivity index (χ1n) is 9.94. The Morgan fingerprint density at radius 2 is 1.85 bits per heavy atom. The second kappa shape index (κ2) is 8.67. The van der Waals surface area contributed by atoms with Gasteiger partial charge in [0.25, 0.3) is 5.91 Å². The summed E-state index contributed by atoms with van der Waals surface area (Å²) in [6.45, 7) is 9.52. The molecule has 0 spiro atoms. The van der Waals surface area contributed by atoms with Crippen molar-refractivity contribution < 1.29 is 9.59 Å². The monoisotopic (exact) mass is 357 g/mol. The van der Waals surface area contributed by atoms with E-state index in [0.29, 0.717) is 18.5 Å². The van der Waals surface area contributed by atoms with E-state index in [-0.39, 0.29) is 11.8 Å². The average Bonchev–Trinajstić information content (AvgIpc) is 3.04. The van der Waals surface area contributed by atoms with E-state index in [2.05, 4.69) is 24.1 Å². The molecule has 142 valence electrons. The van der Waals surface area contributed by atoms with Gasteiger partial charge in [0.15, 0.2) is 0 Å². The van der Waals surface area contributed by atoms with Crippen molar-refractivity contribution in [2.45, 2.75) is 39.5 Å². The lowest BCUT2D eigenvalue weighted by molar-refractivity contribution is -0.117. The van der Waals surface area contributed by atoms with Gasteiger partial charge in [-0.1, -0.05) is 13.8 Å². The number of carbonyl (C=O) groups is 2. The number of amides is 2. The number of piperidine rings is 1. The fourth-order valence-corrected chi connectivity index (χ4v) is 4.30. The van der Waals surface area contributed by atoms with Gasteiger partial charge in [-0.3, -0.25) is 9.59 Å². The molecular formula is C21H31N3O2. The molecule has 5 heteroatoms. The molecule has 0 aliphatic carbocycles. The Morgan fingerprint density at radius 3 is 2.46 bits per heavy atom. The lowest BCUT2D eigenvalue weighted by atomic mass is 9.92. The van der Waals surface area contributed by atoms with Crippen LogP contribution < -0.4 is 10.2 Å². The maximum atomic E-state index is 12.3. The molecule has 26 heavy (non-hydrogen) atoms. The molecule has 2 aliphatic rings. The zero-order valence-electron chi connectivity index (χ0n) is 16.0. The molecule has 2 fully saturated rings. The van der Waals surface area contributed by atoms with Gasteiger partial charge in [0.1, 0.15) is 0 Å². The van der Waals surface area contributed by atoms with Gasteiger partial charge in [-0.2, -0.15) is 0 Å². The number of hydrogen-bond acceptors (Lipinski definition) is 3. The quantitative estimate of drug-likeness (QED) is 0.797. The number of nitrogens with one attached hydrogen (secondary N) is 1. The molecule has 5 nitrogen and oxygen atoms in total. The largest absolute Gasteiger partial charge is 0.352 e. The summed E-state index contributed by atoms with van der Waals surface area (Å²) in [5.74, 6) is 1.68. The summed E-state index contributed by atoms with van der Waals surface area (Å²) in [7, 11) is 0. The SMILES string of the molecule is C[C@@H]1C[C@H](C)CN(CCCNC(=O)c2ccc(N3CCCC3=O)cc2)C1. The highest BCUT2D eigenvalue weighted by Crippen LogP contribution is 2.22. The molecule has 2 saturated heterocycles. The lowest BCUT2D eigenvalue weighted by Crippen LogP contribution is -2.40. The number of carbonyl (C=O) groups excluding carboxylic acids is 2. The predicted molar refractivity (Wildman–Crippen MR) is 104 cm³/mol. The van der Waals surface area contributed by atoms with Crippen LogP contribution in [0.5, 0.6) is 0 Å². The van der Waals surface area contributed by atoms with Gasteiger partial charge in [-0.15, -0.1) is 0 Å². The molecule has 2 atom stereocenters. The number of hydrogen-bond donors (Lipinski definition) is 1. The van der Waals surface area contributed by atoms with Crippen molar-refractivity contribution in [3.05, 3.63) is 29.8 Å². The summed E-state index contributed by atoms with van der Waals surface area (Å²) >= 11 is 0. The Hall–Kier alpha value is -1.88. The maximum Gasteiger partial charge on any atom is 0.251 e. The highest BCUT2D eigenvalue weighted by atomic mass is 16.2. The third-order valence-corrected chi connectivity index (χ3v) is 5.40. The molecule has 2 heterocycles. The Kier molecular flexibility index (Phi) is 6.30. The van der Waals surface area contributed by atoms with Gasteiger partial charge in [-0.25, -0.2) is 0 Å². The first-order chi connectivity index (χ1) is 12.5. The molecule has 0 unspecified atom stereocenters. The highest BCUT2D eigenvalue weighted by molar-refractivity contribution is 5.97. The minimum Gasteiger partial charge on any atom is -0.352 e. The van der Waals surface area contributed by atoms with Crippen LogP contribution in [-0.4, -0.2) is 49.4 Å². The van der Waals surface area contributed by atoms with Crippen LogP contribution in [0.2, 0.25) is 0 Å². The van der Waals surface area contributed by atoms with Gasteiger partial charge < -0.3 is 15.1 Å². The van der Waals surface area contributed by atoms with E-state index < -0.39 is 0 Å². The van der Waals surface area contributed by atoms with E-state index in [1.807, 2.05) is 24.3 Å². The Labute approximate surface area is 156 Å². The van der Waals surface area contributed by atoms with Gasteiger partial charge >= 0.3 is 0 Å². The van der Waals surface area contributed by atoms with Gasteiger partial charge in [-0.05, 0) is 61.9 Å². The summed E-state index contributed by atoms with van der Waals surface area (Å²) in [6.07, 6.45) is 3.84. The van der Waals surface area contributed by atoms with E-state index in [4.69, 9.17) is 0 Å². The molecule has 1 N–H and O–H groups in total. The number of benzene rings is 1. The summed E-state index contributed by atoms with van der Waals surface area (Å²) < 4.78 is 0. The van der Waals surface area contributed by atoms with Crippen molar-refractivity contribution in [2.75, 3.05) is 37.6 Å². The second-order valence-electron chi connectivity index (χ2n) is 8.01. The maximum absolute atomic E-state index is 12.3. The molecule has 2 aliphatic heterocycles. The van der Waals surface area contributed by atoms with Crippen LogP contribution >= 0.6 is 0 Å². The van der Waals surface area contributed by atoms with Crippen molar-refractivity contribution in [3.63, 3.8) is 0 Å². The minimum atomic E-state index is -0.0373. The third-order valence-electron chi connectivity index (χ3n) is 5.40. The third kappa shape index (κ3) is 4.85. The van der Waals surface area contributed by atoms with Crippen LogP contribution in [0.1, 0.15) is 49.9 Å². The van der Waals surface area contributed by atoms with Gasteiger partial charge in [0, 0.05) is 43.9 Å². The molecule has 1 aromatic carbocycles. The number of nitrogens with zero attached hydrogens (tertiary/aromatic N) is 2. The first-order valence-corrected chi connectivity index (χ1v) is 9.94. The zero-order chi connectivity index (χ0) is 18.5. The summed E-state index contributed by atoms with van der Waals surface area (Å²) in [5.41, 5.74) is 1.54. The predicted octanol–water partition coefficient (Wildman–Crippen LogP) is 2.91. The van der Waals surface area contributed by atoms with E-state index in [1.165, 1.54) is 19.5 Å². The van der Waals surface area contributed by atoms with E-state index in [9.17, 15) is 9.59 Å². The molecule has 0 aromatic heterocycles. The molecule has 0 bridgehead atoms. The Balaban J connectivity index is 1.41. The van der Waals surface area contributed by atoms with Crippen LogP contribution in [0.3, 0.4) is 0 Å². The van der Waals surface area contributed by atoms with Crippen molar-refractivity contribution in [1.29, 1.82) is 0 Å². The van der Waals surface area contributed by atoms with Crippen molar-refractivity contribution in [1.82, 2.24) is 10.2 Å². The van der Waals surface area contributed by atoms with Crippen LogP contribution in [0.25, 0.3) is 0 Å². The lowest BCUT2D eigenvalue weighted by Gasteiger charge is -2.34. The van der Waals surface area contributed by atoms with E-state index in [0.717, 1.165) is 43.5 Å². The molecule has 2 amide bonds. The Morgan fingerprint density at radius 1 is 1.15 bits per heavy atom. The minimum absolute atomic E-state index is 0.0373. The first kappa shape index (κ1) is 18.9. The molecule has 1 aromatic rings. The van der Waals surface area contributed by atoms with Crippen molar-refractivity contribution in [3.8, 4) is 0 Å². The van der Waals surface area contributed by atoms with Crippen LogP contribution in [-0.2, 0) is 4.79 Å². The van der Waals surface area contributed by atoms with E-state index in [1.54, 1.807) is 4.90 Å². The molecule has 0 saturated carbocycles. The van der Waals surface area contributed by atoms with Crippen LogP contribution in [0.4, 0.5) is 5.69 Å².